The van der Waals surface area contributed by atoms with Gasteiger partial charge in [-0.05, 0) is 59.2 Å². The molecule has 0 bridgehead atoms. The molecule has 2 heteroatoms. The van der Waals surface area contributed by atoms with Gasteiger partial charge in [0.2, 0.25) is 0 Å². The summed E-state index contributed by atoms with van der Waals surface area (Å²) < 4.78 is 0. The second kappa shape index (κ2) is 7.58. The van der Waals surface area contributed by atoms with Crippen LogP contribution in [0.2, 0.25) is 0 Å². The quantitative estimate of drug-likeness (QED) is 0.556. The van der Waals surface area contributed by atoms with Gasteiger partial charge in [0.05, 0.1) is 0 Å². The SMILES string of the molecule is CC1=NCCC(N(c2ccc(C(C)(C)C)cc2)c2ccc(C(C)(C)C)cc2)=C1. The van der Waals surface area contributed by atoms with Gasteiger partial charge in [-0.25, -0.2) is 0 Å². The van der Waals surface area contributed by atoms with Crippen molar-refractivity contribution in [1.29, 1.82) is 0 Å². The highest BCUT2D eigenvalue weighted by atomic mass is 15.2. The molecule has 2 aromatic rings. The van der Waals surface area contributed by atoms with Crippen LogP contribution in [-0.2, 0) is 10.8 Å². The first-order valence-corrected chi connectivity index (χ1v) is 10.3. The van der Waals surface area contributed by atoms with E-state index in [0.29, 0.717) is 0 Å². The fraction of sp³-hybridized carbons (Fsp3) is 0.423. The highest BCUT2D eigenvalue weighted by Gasteiger charge is 2.20. The summed E-state index contributed by atoms with van der Waals surface area (Å²) in [4.78, 5) is 6.94. The molecule has 0 atom stereocenters. The molecule has 1 heterocycles. The number of rotatable bonds is 3. The predicted octanol–water partition coefficient (Wildman–Crippen LogP) is 7.17. The lowest BCUT2D eigenvalue weighted by Gasteiger charge is -2.31. The summed E-state index contributed by atoms with van der Waals surface area (Å²) >= 11 is 0. The molecule has 0 aromatic heterocycles. The molecule has 3 rings (SSSR count). The molecule has 148 valence electrons. The molecule has 0 aliphatic carbocycles. The van der Waals surface area contributed by atoms with Crippen molar-refractivity contribution in [3.05, 3.63) is 71.4 Å². The fourth-order valence-electron chi connectivity index (χ4n) is 3.58. The van der Waals surface area contributed by atoms with Crippen molar-refractivity contribution >= 4 is 17.1 Å². The third-order valence-electron chi connectivity index (χ3n) is 5.37. The Bertz CT molecular complexity index is 813. The molecule has 2 aromatic carbocycles. The molecule has 0 unspecified atom stereocenters. The molecule has 0 saturated carbocycles. The second-order valence-corrected chi connectivity index (χ2v) is 9.84. The van der Waals surface area contributed by atoms with Gasteiger partial charge >= 0.3 is 0 Å². The van der Waals surface area contributed by atoms with Crippen molar-refractivity contribution in [3.63, 3.8) is 0 Å². The molecule has 28 heavy (non-hydrogen) atoms. The van der Waals surface area contributed by atoms with Gasteiger partial charge in [0.15, 0.2) is 0 Å². The molecule has 0 amide bonds. The van der Waals surface area contributed by atoms with Crippen molar-refractivity contribution in [2.24, 2.45) is 4.99 Å². The monoisotopic (exact) mass is 374 g/mol. The number of dihydropyridines is 1. The van der Waals surface area contributed by atoms with Crippen LogP contribution in [0.5, 0.6) is 0 Å². The van der Waals surface area contributed by atoms with Crippen LogP contribution >= 0.6 is 0 Å². The minimum atomic E-state index is 0.158. The molecule has 2 nitrogen and oxygen atoms in total. The number of aliphatic imine (C=N–C) groups is 1. The first-order valence-electron chi connectivity index (χ1n) is 10.3. The Morgan fingerprint density at radius 1 is 0.714 bits per heavy atom. The van der Waals surface area contributed by atoms with E-state index in [1.54, 1.807) is 0 Å². The summed E-state index contributed by atoms with van der Waals surface area (Å²) in [5, 5.41) is 0. The molecule has 0 radical (unpaired) electrons. The normalized spacial score (nSPS) is 15.1. The first-order chi connectivity index (χ1) is 13.1. The molecule has 0 N–H and O–H groups in total. The summed E-state index contributed by atoms with van der Waals surface area (Å²) in [5.41, 5.74) is 7.85. The highest BCUT2D eigenvalue weighted by molar-refractivity contribution is 5.95. The zero-order valence-corrected chi connectivity index (χ0v) is 18.5. The molecule has 1 aliphatic rings. The highest BCUT2D eigenvalue weighted by Crippen LogP contribution is 2.35. The second-order valence-electron chi connectivity index (χ2n) is 9.84. The predicted molar refractivity (Wildman–Crippen MR) is 123 cm³/mol. The van der Waals surface area contributed by atoms with Gasteiger partial charge in [-0.3, -0.25) is 4.99 Å². The van der Waals surface area contributed by atoms with Gasteiger partial charge in [0, 0.05) is 35.7 Å². The van der Waals surface area contributed by atoms with E-state index in [2.05, 4.69) is 113 Å². The minimum absolute atomic E-state index is 0.158. The summed E-state index contributed by atoms with van der Waals surface area (Å²) in [6, 6.07) is 18.0. The zero-order valence-electron chi connectivity index (χ0n) is 18.5. The van der Waals surface area contributed by atoms with Crippen LogP contribution in [-0.4, -0.2) is 12.3 Å². The number of nitrogens with zero attached hydrogens (tertiary/aromatic N) is 2. The molecule has 0 spiro atoms. The van der Waals surface area contributed by atoms with E-state index in [1.165, 1.54) is 28.2 Å². The Labute approximate surface area is 171 Å². The van der Waals surface area contributed by atoms with Gasteiger partial charge < -0.3 is 4.90 Å². The lowest BCUT2D eigenvalue weighted by molar-refractivity contribution is 0.590. The fourth-order valence-corrected chi connectivity index (χ4v) is 3.58. The largest absolute Gasteiger partial charge is 0.314 e. The van der Waals surface area contributed by atoms with Crippen molar-refractivity contribution in [3.8, 4) is 0 Å². The van der Waals surface area contributed by atoms with Crippen LogP contribution < -0.4 is 4.90 Å². The van der Waals surface area contributed by atoms with E-state index in [-0.39, 0.29) is 10.8 Å². The molecular formula is C26H34N2. The number of benzene rings is 2. The van der Waals surface area contributed by atoms with Crippen LogP contribution in [0.4, 0.5) is 11.4 Å². The van der Waals surface area contributed by atoms with Crippen molar-refractivity contribution in [2.75, 3.05) is 11.4 Å². The number of hydrogen-bond donors (Lipinski definition) is 0. The van der Waals surface area contributed by atoms with E-state index in [4.69, 9.17) is 0 Å². The van der Waals surface area contributed by atoms with Crippen LogP contribution in [0.25, 0.3) is 0 Å². The van der Waals surface area contributed by atoms with Gasteiger partial charge in [0.25, 0.3) is 0 Å². The summed E-state index contributed by atoms with van der Waals surface area (Å²) in [6.45, 7) is 16.5. The van der Waals surface area contributed by atoms with Crippen LogP contribution in [0.15, 0.2) is 65.3 Å². The van der Waals surface area contributed by atoms with E-state index in [1.807, 2.05) is 0 Å². The van der Waals surface area contributed by atoms with Gasteiger partial charge in [0.1, 0.15) is 0 Å². The van der Waals surface area contributed by atoms with Crippen LogP contribution in [0, 0.1) is 0 Å². The third kappa shape index (κ3) is 4.55. The van der Waals surface area contributed by atoms with E-state index >= 15 is 0 Å². The minimum Gasteiger partial charge on any atom is -0.314 e. The lowest BCUT2D eigenvalue weighted by Crippen LogP contribution is -2.21. The lowest BCUT2D eigenvalue weighted by atomic mass is 9.86. The van der Waals surface area contributed by atoms with Crippen molar-refractivity contribution in [1.82, 2.24) is 0 Å². The van der Waals surface area contributed by atoms with E-state index in [9.17, 15) is 0 Å². The Balaban J connectivity index is 2.05. The molecule has 0 fully saturated rings. The van der Waals surface area contributed by atoms with E-state index < -0.39 is 0 Å². The zero-order chi connectivity index (χ0) is 20.5. The average Bonchev–Trinajstić information content (AvgIpc) is 2.61. The summed E-state index contributed by atoms with van der Waals surface area (Å²) in [6.07, 6.45) is 3.18. The molecular weight excluding hydrogens is 340 g/mol. The smallest absolute Gasteiger partial charge is 0.0458 e. The molecule has 0 saturated heterocycles. The van der Waals surface area contributed by atoms with Crippen molar-refractivity contribution in [2.45, 2.75) is 65.7 Å². The van der Waals surface area contributed by atoms with Crippen LogP contribution in [0.1, 0.15) is 66.0 Å². The van der Waals surface area contributed by atoms with Gasteiger partial charge in [-0.2, -0.15) is 0 Å². The van der Waals surface area contributed by atoms with Crippen molar-refractivity contribution < 1.29 is 0 Å². The third-order valence-corrected chi connectivity index (χ3v) is 5.37. The average molecular weight is 375 g/mol. The topological polar surface area (TPSA) is 15.6 Å². The maximum atomic E-state index is 4.56. The number of hydrogen-bond acceptors (Lipinski definition) is 2. The standard InChI is InChI=1S/C26H34N2/c1-19-18-24(16-17-27-19)28(22-12-8-20(9-13-22)25(2,3)4)23-14-10-21(11-15-23)26(5,6)7/h8-15,18H,16-17H2,1-7H3. The van der Waals surface area contributed by atoms with Gasteiger partial charge in [-0.1, -0.05) is 65.8 Å². The maximum Gasteiger partial charge on any atom is 0.0458 e. The Morgan fingerprint density at radius 2 is 1.14 bits per heavy atom. The Morgan fingerprint density at radius 3 is 1.50 bits per heavy atom. The van der Waals surface area contributed by atoms with Crippen LogP contribution in [0.3, 0.4) is 0 Å². The Kier molecular flexibility index (Phi) is 5.52. The van der Waals surface area contributed by atoms with Gasteiger partial charge in [-0.15, -0.1) is 0 Å². The summed E-state index contributed by atoms with van der Waals surface area (Å²) in [5.74, 6) is 0. The maximum absolute atomic E-state index is 4.56. The number of anilines is 2. The first kappa shape index (κ1) is 20.4. The summed E-state index contributed by atoms with van der Waals surface area (Å²) in [7, 11) is 0. The molecule has 1 aliphatic heterocycles. The Hall–Kier alpha value is -2.35. The number of allylic oxidation sites excluding steroid dienone is 1. The van der Waals surface area contributed by atoms with E-state index in [0.717, 1.165) is 18.7 Å².